The highest BCUT2D eigenvalue weighted by atomic mass is 16.3. The summed E-state index contributed by atoms with van der Waals surface area (Å²) in [7, 11) is 0. The Kier molecular flexibility index (Phi) is 23.7. The average Bonchev–Trinajstić information content (AvgIpc) is 4.52. The summed E-state index contributed by atoms with van der Waals surface area (Å²) in [5, 5.41) is 44.5. The third-order valence-corrected chi connectivity index (χ3v) is 14.0. The van der Waals surface area contributed by atoms with Crippen LogP contribution in [0.5, 0.6) is 5.75 Å². The molecule has 0 spiro atoms. The number of aromatic hydroxyl groups is 1. The summed E-state index contributed by atoms with van der Waals surface area (Å²) in [6.45, 7) is 1.62. The highest BCUT2D eigenvalue weighted by Crippen LogP contribution is 2.21. The third kappa shape index (κ3) is 19.8. The number of hydrogen-bond acceptors (Lipinski definition) is 15. The molecular formula is C55H75N17O13. The van der Waals surface area contributed by atoms with Crippen molar-refractivity contribution in [2.24, 2.45) is 28.1 Å². The molecule has 30 heteroatoms. The van der Waals surface area contributed by atoms with Crippen LogP contribution in [0.15, 0.2) is 72.1 Å². The molecule has 458 valence electrons. The molecule has 4 aromatic rings. The molecule has 4 heterocycles. The largest absolute Gasteiger partial charge is 0.508 e. The van der Waals surface area contributed by atoms with Crippen LogP contribution in [-0.2, 0) is 72.0 Å². The number of carbonyl (C=O) groups excluding carboxylic acids is 11. The standard InChI is InChI=1S/C55H75N17O13/c1-29(2)19-38(49(80)67-37(9-5-17-60-55(57)58)54(85)72-18-6-10-43(72)53(84)61-25-44(56)75)66-46(77)26-62-47(78)39(20-30-11-13-34(74)14-12-30)68-52(83)42(27-73)71-51(82)40(22-32-21-31-7-3-4-8-35(31)64-32)70-50(81)41(23-33-24-59-28-63-33)69-48(79)36-15-16-45(76)65-36/h3-4,7-8,11-14,21,24,28-29,36-43,64,73-74H,5-6,9-10,15-20,22-23,25-27H2,1-2H3,(H2,56,75)(H,59,63)(H,61,84)(H,62,78)(H,65,76)(H,66,77)(H,67,80)(H,68,83)(H,69,79)(H,70,81)(H,71,82)(H4,57,58,60)/t36-,37-,38-,39-,40-,41-,42-,43-/m0/s1. The van der Waals surface area contributed by atoms with Crippen LogP contribution in [0, 0.1) is 5.92 Å². The van der Waals surface area contributed by atoms with Gasteiger partial charge in [-0.3, -0.25) is 57.7 Å². The van der Waals surface area contributed by atoms with Gasteiger partial charge in [0.05, 0.1) is 26.0 Å². The third-order valence-electron chi connectivity index (χ3n) is 14.0. The fourth-order valence-corrected chi connectivity index (χ4v) is 9.74. The number of carbonyl (C=O) groups is 11. The number of rotatable bonds is 31. The fourth-order valence-electron chi connectivity index (χ4n) is 9.74. The minimum Gasteiger partial charge on any atom is -0.508 e. The number of likely N-dealkylation sites (tertiary alicyclic amines) is 1. The number of guanidine groups is 1. The number of primary amides is 1. The number of hydrogen-bond donors (Lipinski definition) is 16. The van der Waals surface area contributed by atoms with Crippen LogP contribution in [0.4, 0.5) is 0 Å². The van der Waals surface area contributed by atoms with Crippen molar-refractivity contribution in [3.8, 4) is 5.75 Å². The van der Waals surface area contributed by atoms with Crippen LogP contribution in [0.2, 0.25) is 0 Å². The molecule has 6 rings (SSSR count). The van der Waals surface area contributed by atoms with E-state index in [0.29, 0.717) is 28.9 Å². The van der Waals surface area contributed by atoms with Crippen LogP contribution in [0.1, 0.15) is 75.7 Å². The number of aromatic nitrogens is 3. The Labute approximate surface area is 488 Å². The van der Waals surface area contributed by atoms with E-state index in [9.17, 15) is 63.0 Å². The highest BCUT2D eigenvalue weighted by Gasteiger charge is 2.39. The SMILES string of the molecule is CC(C)C[C@H](NC(=O)CNC(=O)[C@H](Cc1ccc(O)cc1)NC(=O)[C@H](CO)NC(=O)[C@H](Cc1cc2ccccc2[nH]1)NC(=O)[C@H](Cc1cnc[nH]1)NC(=O)[C@@H]1CCC(=O)N1)C(=O)N[C@@H](CCCN=C(N)N)C(=O)N1CCC[C@H]1C(=O)NCC(N)=O. The number of nitrogens with two attached hydrogens (primary N) is 3. The van der Waals surface area contributed by atoms with E-state index in [4.69, 9.17) is 17.2 Å². The first-order valence-corrected chi connectivity index (χ1v) is 27.8. The van der Waals surface area contributed by atoms with E-state index in [1.54, 1.807) is 38.1 Å². The summed E-state index contributed by atoms with van der Waals surface area (Å²) >= 11 is 0. The van der Waals surface area contributed by atoms with Gasteiger partial charge in [-0.05, 0) is 79.7 Å². The molecule has 2 aromatic heterocycles. The number of imidazole rings is 1. The molecule has 0 unspecified atom stereocenters. The van der Waals surface area contributed by atoms with E-state index >= 15 is 0 Å². The van der Waals surface area contributed by atoms with Gasteiger partial charge in [-0.1, -0.05) is 44.2 Å². The summed E-state index contributed by atoms with van der Waals surface area (Å²) in [5.74, 6) is -8.88. The van der Waals surface area contributed by atoms with Crippen molar-refractivity contribution in [2.75, 3.05) is 32.8 Å². The first-order chi connectivity index (χ1) is 40.6. The van der Waals surface area contributed by atoms with Crippen LogP contribution >= 0.6 is 0 Å². The molecular weight excluding hydrogens is 1110 g/mol. The zero-order chi connectivity index (χ0) is 61.7. The monoisotopic (exact) mass is 1180 g/mol. The van der Waals surface area contributed by atoms with Gasteiger partial charge < -0.3 is 90.1 Å². The Bertz CT molecular complexity index is 3020. The Balaban J connectivity index is 1.16. The number of fused-ring (bicyclic) bond motifs is 1. The van der Waals surface area contributed by atoms with E-state index in [1.165, 1.54) is 41.7 Å². The summed E-state index contributed by atoms with van der Waals surface area (Å²) < 4.78 is 0. The van der Waals surface area contributed by atoms with Crippen LogP contribution in [0.3, 0.4) is 0 Å². The van der Waals surface area contributed by atoms with Gasteiger partial charge in [-0.25, -0.2) is 4.98 Å². The summed E-state index contributed by atoms with van der Waals surface area (Å²) in [6, 6.07) is 4.18. The number of H-pyrrole nitrogens is 2. The number of nitrogens with zero attached hydrogens (tertiary/aromatic N) is 3. The van der Waals surface area contributed by atoms with E-state index in [1.807, 2.05) is 6.07 Å². The summed E-state index contributed by atoms with van der Waals surface area (Å²) in [6.07, 6.45) is 3.58. The summed E-state index contributed by atoms with van der Waals surface area (Å²) in [4.78, 5) is 164. The molecule has 8 atom stereocenters. The lowest BCUT2D eigenvalue weighted by molar-refractivity contribution is -0.142. The lowest BCUT2D eigenvalue weighted by Crippen LogP contribution is -2.60. The van der Waals surface area contributed by atoms with Gasteiger partial charge in [-0.2, -0.15) is 0 Å². The number of para-hydroxylation sites is 1. The average molecular weight is 1180 g/mol. The molecule has 0 saturated carbocycles. The second-order valence-corrected chi connectivity index (χ2v) is 21.2. The van der Waals surface area contributed by atoms with Gasteiger partial charge in [0.1, 0.15) is 54.1 Å². The van der Waals surface area contributed by atoms with Crippen LogP contribution in [-0.4, -0.2) is 182 Å². The second kappa shape index (κ2) is 31.2. The number of nitrogens with one attached hydrogen (secondary N) is 11. The van der Waals surface area contributed by atoms with E-state index in [2.05, 4.69) is 67.8 Å². The number of benzene rings is 2. The maximum absolute atomic E-state index is 14.4. The van der Waals surface area contributed by atoms with Gasteiger partial charge in [0, 0.05) is 61.9 Å². The Hall–Kier alpha value is -9.61. The van der Waals surface area contributed by atoms with Crippen LogP contribution in [0.25, 0.3) is 10.9 Å². The zero-order valence-corrected chi connectivity index (χ0v) is 47.1. The lowest BCUT2D eigenvalue weighted by atomic mass is 10.0. The van der Waals surface area contributed by atoms with Crippen molar-refractivity contribution in [1.82, 2.24) is 67.7 Å². The summed E-state index contributed by atoms with van der Waals surface area (Å²) in [5.41, 5.74) is 18.2. The van der Waals surface area contributed by atoms with Gasteiger partial charge in [0.15, 0.2) is 5.96 Å². The first kappa shape index (κ1) is 64.6. The normalized spacial score (nSPS) is 16.8. The fraction of sp³-hybridized carbons (Fsp3) is 0.473. The smallest absolute Gasteiger partial charge is 0.245 e. The number of phenolic OH excluding ortho intramolecular Hbond substituents is 1. The maximum Gasteiger partial charge on any atom is 0.245 e. The molecule has 19 N–H and O–H groups in total. The quantitative estimate of drug-likeness (QED) is 0.0129. The molecule has 2 aromatic carbocycles. The topological polar surface area (TPSA) is 475 Å². The van der Waals surface area contributed by atoms with Crippen LogP contribution < -0.4 is 65.1 Å². The Morgan fingerprint density at radius 3 is 2.01 bits per heavy atom. The molecule has 85 heavy (non-hydrogen) atoms. The van der Waals surface area contributed by atoms with E-state index < -0.39 is 127 Å². The molecule has 30 nitrogen and oxygen atoms in total. The number of aromatic amines is 2. The first-order valence-electron chi connectivity index (χ1n) is 27.8. The molecule has 2 aliphatic heterocycles. The van der Waals surface area contributed by atoms with Crippen molar-refractivity contribution in [3.05, 3.63) is 84.1 Å². The Morgan fingerprint density at radius 2 is 1.38 bits per heavy atom. The van der Waals surface area contributed by atoms with Crippen molar-refractivity contribution in [2.45, 2.75) is 126 Å². The van der Waals surface area contributed by atoms with Crippen molar-refractivity contribution < 1.29 is 63.0 Å². The molecule has 2 saturated heterocycles. The molecule has 2 aliphatic rings. The van der Waals surface area contributed by atoms with E-state index in [0.717, 1.165) is 5.39 Å². The van der Waals surface area contributed by atoms with Crippen molar-refractivity contribution in [3.63, 3.8) is 0 Å². The van der Waals surface area contributed by atoms with Gasteiger partial charge in [-0.15, -0.1) is 0 Å². The van der Waals surface area contributed by atoms with Crippen molar-refractivity contribution >= 4 is 81.8 Å². The second-order valence-electron chi connectivity index (χ2n) is 21.2. The molecule has 0 radical (unpaired) electrons. The number of amides is 11. The predicted molar refractivity (Wildman–Crippen MR) is 305 cm³/mol. The minimum absolute atomic E-state index is 0.0156. The molecule has 2 fully saturated rings. The number of aliphatic hydroxyl groups is 1. The highest BCUT2D eigenvalue weighted by molar-refractivity contribution is 5.99. The number of phenols is 1. The molecule has 0 bridgehead atoms. The van der Waals surface area contributed by atoms with Gasteiger partial charge in [0.2, 0.25) is 65.0 Å². The number of aliphatic imine (C=N–C) groups is 1. The maximum atomic E-state index is 14.4. The van der Waals surface area contributed by atoms with Gasteiger partial charge >= 0.3 is 0 Å². The predicted octanol–water partition coefficient (Wildman–Crippen LogP) is -4.39. The Morgan fingerprint density at radius 1 is 0.729 bits per heavy atom. The zero-order valence-electron chi connectivity index (χ0n) is 47.1. The van der Waals surface area contributed by atoms with Crippen molar-refractivity contribution in [1.29, 1.82) is 0 Å². The molecule has 0 aliphatic carbocycles. The lowest BCUT2D eigenvalue weighted by Gasteiger charge is -2.30. The minimum atomic E-state index is -1.76. The van der Waals surface area contributed by atoms with E-state index in [-0.39, 0.29) is 94.4 Å². The number of aliphatic hydroxyl groups excluding tert-OH is 1. The molecule has 11 amide bonds. The van der Waals surface area contributed by atoms with Gasteiger partial charge in [0.25, 0.3) is 0 Å².